The number of morpholine rings is 1. The largest absolute Gasteiger partial charge is 0.378 e. The molecule has 2 amide bonds. The van der Waals surface area contributed by atoms with Crippen LogP contribution in [-0.2, 0) is 20.7 Å². The number of amides is 2. The van der Waals surface area contributed by atoms with Crippen LogP contribution < -0.4 is 10.2 Å². The molecule has 0 bridgehead atoms. The summed E-state index contributed by atoms with van der Waals surface area (Å²) >= 11 is 0. The number of hydrogen-bond acceptors (Lipinski definition) is 4. The van der Waals surface area contributed by atoms with Crippen molar-refractivity contribution >= 4 is 17.5 Å². The lowest BCUT2D eigenvalue weighted by Gasteiger charge is -2.35. The zero-order chi connectivity index (χ0) is 20.2. The monoisotopic (exact) mass is 397 g/mol. The lowest BCUT2D eigenvalue weighted by atomic mass is 10.0. The summed E-state index contributed by atoms with van der Waals surface area (Å²) in [5, 5.41) is 2.80. The van der Waals surface area contributed by atoms with Crippen LogP contribution in [0.1, 0.15) is 17.2 Å². The molecule has 2 heterocycles. The molecule has 0 aliphatic carbocycles. The summed E-state index contributed by atoms with van der Waals surface area (Å²) < 4.78 is 18.7. The first kappa shape index (κ1) is 19.4. The molecule has 152 valence electrons. The molecule has 2 aromatic carbocycles. The normalized spacial score (nSPS) is 19.8. The molecule has 6 nitrogen and oxygen atoms in total. The SMILES string of the molecule is O=C1NCCN(C(=O)Cc2ccc(N3CCOCC3)cc2)C1c1ccc(F)cc1. The maximum absolute atomic E-state index is 13.3. The van der Waals surface area contributed by atoms with Crippen LogP contribution in [-0.4, -0.2) is 56.1 Å². The van der Waals surface area contributed by atoms with E-state index in [1.165, 1.54) is 12.1 Å². The Bertz CT molecular complexity index is 864. The molecule has 2 aliphatic heterocycles. The smallest absolute Gasteiger partial charge is 0.247 e. The second-order valence-electron chi connectivity index (χ2n) is 7.27. The van der Waals surface area contributed by atoms with Gasteiger partial charge in [-0.2, -0.15) is 0 Å². The Labute approximate surface area is 169 Å². The fourth-order valence-corrected chi connectivity index (χ4v) is 3.83. The van der Waals surface area contributed by atoms with Gasteiger partial charge in [0, 0.05) is 31.9 Å². The lowest BCUT2D eigenvalue weighted by Crippen LogP contribution is -2.52. The number of anilines is 1. The van der Waals surface area contributed by atoms with Gasteiger partial charge in [-0.1, -0.05) is 24.3 Å². The van der Waals surface area contributed by atoms with Gasteiger partial charge in [-0.25, -0.2) is 4.39 Å². The Balaban J connectivity index is 1.47. The van der Waals surface area contributed by atoms with Crippen molar-refractivity contribution in [1.29, 1.82) is 0 Å². The molecule has 1 unspecified atom stereocenters. The van der Waals surface area contributed by atoms with Gasteiger partial charge in [-0.3, -0.25) is 9.59 Å². The van der Waals surface area contributed by atoms with Crippen molar-refractivity contribution < 1.29 is 18.7 Å². The van der Waals surface area contributed by atoms with E-state index in [-0.39, 0.29) is 24.1 Å². The summed E-state index contributed by atoms with van der Waals surface area (Å²) in [7, 11) is 0. The van der Waals surface area contributed by atoms with Gasteiger partial charge in [0.15, 0.2) is 0 Å². The number of halogens is 1. The zero-order valence-electron chi connectivity index (χ0n) is 16.1. The number of piperazine rings is 1. The molecule has 2 aromatic rings. The first-order valence-electron chi connectivity index (χ1n) is 9.86. The van der Waals surface area contributed by atoms with Gasteiger partial charge >= 0.3 is 0 Å². The van der Waals surface area contributed by atoms with E-state index in [1.807, 2.05) is 24.3 Å². The molecule has 1 N–H and O–H groups in total. The summed E-state index contributed by atoms with van der Waals surface area (Å²) in [5.41, 5.74) is 2.63. The predicted molar refractivity (Wildman–Crippen MR) is 107 cm³/mol. The van der Waals surface area contributed by atoms with Crippen molar-refractivity contribution in [3.8, 4) is 0 Å². The summed E-state index contributed by atoms with van der Waals surface area (Å²) in [6.45, 7) is 4.02. The van der Waals surface area contributed by atoms with E-state index in [2.05, 4.69) is 10.2 Å². The molecule has 7 heteroatoms. The predicted octanol–water partition coefficient (Wildman–Crippen LogP) is 1.90. The van der Waals surface area contributed by atoms with Crippen LogP contribution in [0.4, 0.5) is 10.1 Å². The summed E-state index contributed by atoms with van der Waals surface area (Å²) in [6, 6.07) is 13.0. The van der Waals surface area contributed by atoms with Crippen LogP contribution in [0.25, 0.3) is 0 Å². The number of carbonyl (C=O) groups is 2. The summed E-state index contributed by atoms with van der Waals surface area (Å²) in [6.07, 6.45) is 0.217. The molecular formula is C22H24FN3O3. The van der Waals surface area contributed by atoms with Gasteiger partial charge in [0.05, 0.1) is 19.6 Å². The Morgan fingerprint density at radius 1 is 1.03 bits per heavy atom. The number of carbonyl (C=O) groups excluding carboxylic acids is 2. The van der Waals surface area contributed by atoms with Crippen molar-refractivity contribution in [3.63, 3.8) is 0 Å². The number of hydrogen-bond donors (Lipinski definition) is 1. The minimum atomic E-state index is -0.732. The highest BCUT2D eigenvalue weighted by Crippen LogP contribution is 2.25. The molecule has 0 saturated carbocycles. The van der Waals surface area contributed by atoms with Gasteiger partial charge in [0.2, 0.25) is 11.8 Å². The molecular weight excluding hydrogens is 373 g/mol. The molecule has 2 aliphatic rings. The first-order chi connectivity index (χ1) is 14.1. The average molecular weight is 397 g/mol. The van der Waals surface area contributed by atoms with Crippen LogP contribution in [0, 0.1) is 5.82 Å². The van der Waals surface area contributed by atoms with Crippen molar-refractivity contribution in [2.45, 2.75) is 12.5 Å². The van der Waals surface area contributed by atoms with E-state index in [9.17, 15) is 14.0 Å². The van der Waals surface area contributed by atoms with Crippen molar-refractivity contribution in [1.82, 2.24) is 10.2 Å². The van der Waals surface area contributed by atoms with Gasteiger partial charge in [-0.15, -0.1) is 0 Å². The Kier molecular flexibility index (Phi) is 5.76. The van der Waals surface area contributed by atoms with E-state index in [1.54, 1.807) is 17.0 Å². The third kappa shape index (κ3) is 4.40. The second kappa shape index (κ2) is 8.61. The van der Waals surface area contributed by atoms with Crippen LogP contribution >= 0.6 is 0 Å². The van der Waals surface area contributed by atoms with Crippen LogP contribution in [0.3, 0.4) is 0 Å². The van der Waals surface area contributed by atoms with Crippen molar-refractivity contribution in [3.05, 3.63) is 65.5 Å². The maximum atomic E-state index is 13.3. The standard InChI is InChI=1S/C22H24FN3O3/c23-18-5-3-17(4-6-18)21-22(28)24-9-10-26(21)20(27)15-16-1-7-19(8-2-16)25-11-13-29-14-12-25/h1-8,21H,9-15H2,(H,24,28). The van der Waals surface area contributed by atoms with Gasteiger partial charge in [0.1, 0.15) is 11.9 Å². The minimum absolute atomic E-state index is 0.117. The van der Waals surface area contributed by atoms with E-state index in [4.69, 9.17) is 4.74 Å². The average Bonchev–Trinajstić information content (AvgIpc) is 2.75. The second-order valence-corrected chi connectivity index (χ2v) is 7.27. The Morgan fingerprint density at radius 2 is 1.72 bits per heavy atom. The number of nitrogens with one attached hydrogen (secondary N) is 1. The minimum Gasteiger partial charge on any atom is -0.378 e. The highest BCUT2D eigenvalue weighted by atomic mass is 19.1. The van der Waals surface area contributed by atoms with Crippen LogP contribution in [0.2, 0.25) is 0 Å². The molecule has 0 aromatic heterocycles. The number of nitrogens with zero attached hydrogens (tertiary/aromatic N) is 2. The van der Waals surface area contributed by atoms with Gasteiger partial charge < -0.3 is 19.9 Å². The van der Waals surface area contributed by atoms with Crippen molar-refractivity contribution in [2.24, 2.45) is 0 Å². The number of ether oxygens (including phenoxy) is 1. The molecule has 29 heavy (non-hydrogen) atoms. The molecule has 4 rings (SSSR count). The quantitative estimate of drug-likeness (QED) is 0.856. The summed E-state index contributed by atoms with van der Waals surface area (Å²) in [5.74, 6) is -0.727. The molecule has 2 fully saturated rings. The number of rotatable bonds is 4. The van der Waals surface area contributed by atoms with E-state index >= 15 is 0 Å². The third-order valence-corrected chi connectivity index (χ3v) is 5.39. The van der Waals surface area contributed by atoms with Gasteiger partial charge in [0.25, 0.3) is 0 Å². The fourth-order valence-electron chi connectivity index (χ4n) is 3.83. The maximum Gasteiger partial charge on any atom is 0.247 e. The molecule has 0 spiro atoms. The van der Waals surface area contributed by atoms with Crippen LogP contribution in [0.15, 0.2) is 48.5 Å². The van der Waals surface area contributed by atoms with E-state index < -0.39 is 6.04 Å². The number of benzene rings is 2. The fraction of sp³-hybridized carbons (Fsp3) is 0.364. The van der Waals surface area contributed by atoms with Crippen molar-refractivity contribution in [2.75, 3.05) is 44.3 Å². The summed E-state index contributed by atoms with van der Waals surface area (Å²) in [4.78, 5) is 29.3. The first-order valence-corrected chi connectivity index (χ1v) is 9.86. The molecule has 0 radical (unpaired) electrons. The van der Waals surface area contributed by atoms with E-state index in [0.29, 0.717) is 18.7 Å². The van der Waals surface area contributed by atoms with Gasteiger partial charge in [-0.05, 0) is 35.4 Å². The Hall–Kier alpha value is -2.93. The lowest BCUT2D eigenvalue weighted by molar-refractivity contribution is -0.143. The Morgan fingerprint density at radius 3 is 2.41 bits per heavy atom. The highest BCUT2D eigenvalue weighted by Gasteiger charge is 2.34. The van der Waals surface area contributed by atoms with E-state index in [0.717, 1.165) is 37.6 Å². The zero-order valence-corrected chi connectivity index (χ0v) is 16.1. The topological polar surface area (TPSA) is 61.9 Å². The molecule has 2 saturated heterocycles. The van der Waals surface area contributed by atoms with Crippen LogP contribution in [0.5, 0.6) is 0 Å². The molecule has 1 atom stereocenters. The highest BCUT2D eigenvalue weighted by molar-refractivity contribution is 5.90. The third-order valence-electron chi connectivity index (χ3n) is 5.39.